The minimum absolute atomic E-state index is 0.626. The number of hydrogen-bond donors (Lipinski definition) is 0. The highest BCUT2D eigenvalue weighted by atomic mass is 15.0. The zero-order valence-corrected chi connectivity index (χ0v) is 29.2. The number of aryl methyl sites for hydroxylation is 1. The van der Waals surface area contributed by atoms with Crippen molar-refractivity contribution in [3.63, 3.8) is 0 Å². The third-order valence-electron chi connectivity index (χ3n) is 9.61. The molecule has 0 aliphatic rings. The molecule has 0 spiro atoms. The second kappa shape index (κ2) is 13.9. The Hall–Kier alpha value is -7.04. The fourth-order valence-electron chi connectivity index (χ4n) is 6.89. The van der Waals surface area contributed by atoms with E-state index in [2.05, 4.69) is 121 Å². The van der Waals surface area contributed by atoms with Crippen LogP contribution in [0.4, 0.5) is 0 Å². The molecule has 250 valence electrons. The van der Waals surface area contributed by atoms with Gasteiger partial charge in [-0.1, -0.05) is 158 Å². The molecule has 0 fully saturated rings. The van der Waals surface area contributed by atoms with Crippen molar-refractivity contribution in [2.45, 2.75) is 6.92 Å². The maximum Gasteiger partial charge on any atom is 0.164 e. The Labute approximate surface area is 309 Å². The highest BCUT2D eigenvalue weighted by Gasteiger charge is 2.16. The minimum Gasteiger partial charge on any atom is -0.253 e. The molecule has 0 amide bonds. The third-order valence-corrected chi connectivity index (χ3v) is 9.61. The second-order valence-corrected chi connectivity index (χ2v) is 13.2. The molecular weight excluding hydrogens is 645 g/mol. The number of rotatable bonds is 7. The van der Waals surface area contributed by atoms with Crippen LogP contribution in [-0.2, 0) is 0 Å². The van der Waals surface area contributed by atoms with Crippen LogP contribution < -0.4 is 0 Å². The maximum atomic E-state index is 5.09. The topological polar surface area (TPSA) is 51.6 Å². The lowest BCUT2D eigenvalue weighted by molar-refractivity contribution is 1.07. The summed E-state index contributed by atoms with van der Waals surface area (Å²) in [5, 5.41) is 2.40. The van der Waals surface area contributed by atoms with E-state index in [4.69, 9.17) is 19.9 Å². The summed E-state index contributed by atoms with van der Waals surface area (Å²) < 4.78 is 0. The predicted molar refractivity (Wildman–Crippen MR) is 218 cm³/mol. The van der Waals surface area contributed by atoms with E-state index >= 15 is 0 Å². The van der Waals surface area contributed by atoms with Gasteiger partial charge in [-0.2, -0.15) is 0 Å². The first kappa shape index (κ1) is 31.9. The van der Waals surface area contributed by atoms with Crippen LogP contribution in [0.2, 0.25) is 0 Å². The molecule has 4 nitrogen and oxygen atoms in total. The summed E-state index contributed by atoms with van der Waals surface area (Å²) >= 11 is 0. The molecule has 0 saturated heterocycles. The van der Waals surface area contributed by atoms with Gasteiger partial charge in [0.25, 0.3) is 0 Å². The van der Waals surface area contributed by atoms with Gasteiger partial charge in [0.1, 0.15) is 0 Å². The second-order valence-electron chi connectivity index (χ2n) is 13.2. The molecule has 9 aromatic rings. The standard InChI is InChI=1S/C49H34N4/c1-33-12-10-21-46(50-33)38-28-26-35(27-29-38)34-22-24-36(25-23-34)41-30-42(45-20-11-18-37-13-8-9-19-44(37)45)32-43(31-41)49-52-47(39-14-4-2-5-15-39)51-48(53-49)40-16-6-3-7-17-40/h2-32H,1H3. The number of pyridine rings is 1. The quantitative estimate of drug-likeness (QED) is 0.168. The van der Waals surface area contributed by atoms with E-state index in [1.165, 1.54) is 10.8 Å². The molecule has 0 atom stereocenters. The van der Waals surface area contributed by atoms with Crippen molar-refractivity contribution >= 4 is 10.8 Å². The molecule has 0 aliphatic heterocycles. The fraction of sp³-hybridized carbons (Fsp3) is 0.0204. The Morgan fingerprint density at radius 1 is 0.302 bits per heavy atom. The number of fused-ring (bicyclic) bond motifs is 1. The SMILES string of the molecule is Cc1cccc(-c2ccc(-c3ccc(-c4cc(-c5nc(-c6ccccc6)nc(-c6ccccc6)n5)cc(-c5cccc6ccccc56)c4)cc3)cc2)n1. The molecule has 9 rings (SSSR count). The van der Waals surface area contributed by atoms with Gasteiger partial charge in [0.15, 0.2) is 17.5 Å². The molecule has 0 aliphatic carbocycles. The van der Waals surface area contributed by atoms with E-state index in [0.29, 0.717) is 17.5 Å². The van der Waals surface area contributed by atoms with Gasteiger partial charge in [-0.15, -0.1) is 0 Å². The number of benzene rings is 7. The van der Waals surface area contributed by atoms with Gasteiger partial charge >= 0.3 is 0 Å². The molecule has 7 aromatic carbocycles. The van der Waals surface area contributed by atoms with Crippen LogP contribution in [0.15, 0.2) is 188 Å². The van der Waals surface area contributed by atoms with Crippen LogP contribution in [0, 0.1) is 6.92 Å². The molecule has 0 unspecified atom stereocenters. The van der Waals surface area contributed by atoms with E-state index in [1.807, 2.05) is 73.7 Å². The Kier molecular flexibility index (Phi) is 8.39. The number of hydrogen-bond acceptors (Lipinski definition) is 4. The summed E-state index contributed by atoms with van der Waals surface area (Å²) in [5.41, 5.74) is 12.7. The highest BCUT2D eigenvalue weighted by Crippen LogP contribution is 2.37. The maximum absolute atomic E-state index is 5.09. The van der Waals surface area contributed by atoms with E-state index in [1.54, 1.807) is 0 Å². The average molecular weight is 679 g/mol. The first-order valence-corrected chi connectivity index (χ1v) is 17.8. The largest absolute Gasteiger partial charge is 0.253 e. The summed E-state index contributed by atoms with van der Waals surface area (Å²) in [6.07, 6.45) is 0. The van der Waals surface area contributed by atoms with Crippen molar-refractivity contribution in [3.05, 3.63) is 194 Å². The van der Waals surface area contributed by atoms with E-state index in [9.17, 15) is 0 Å². The molecule has 0 bridgehead atoms. The Morgan fingerprint density at radius 3 is 1.40 bits per heavy atom. The molecule has 4 heteroatoms. The highest BCUT2D eigenvalue weighted by molar-refractivity contribution is 5.98. The summed E-state index contributed by atoms with van der Waals surface area (Å²) in [5.74, 6) is 1.90. The van der Waals surface area contributed by atoms with Crippen molar-refractivity contribution in [3.8, 4) is 78.8 Å². The third kappa shape index (κ3) is 6.62. The van der Waals surface area contributed by atoms with E-state index < -0.39 is 0 Å². The molecular formula is C49H34N4. The zero-order valence-electron chi connectivity index (χ0n) is 29.2. The summed E-state index contributed by atoms with van der Waals surface area (Å²) in [6.45, 7) is 2.02. The van der Waals surface area contributed by atoms with Crippen molar-refractivity contribution in [1.29, 1.82) is 0 Å². The average Bonchev–Trinajstić information content (AvgIpc) is 3.24. The van der Waals surface area contributed by atoms with Gasteiger partial charge in [0.05, 0.1) is 5.69 Å². The molecule has 0 saturated carbocycles. The number of nitrogens with zero attached hydrogens (tertiary/aromatic N) is 4. The zero-order chi connectivity index (χ0) is 35.6. The smallest absolute Gasteiger partial charge is 0.164 e. The van der Waals surface area contributed by atoms with Gasteiger partial charge in [-0.25, -0.2) is 15.0 Å². The first-order chi connectivity index (χ1) is 26.1. The Balaban J connectivity index is 1.17. The Morgan fingerprint density at radius 2 is 0.774 bits per heavy atom. The van der Waals surface area contributed by atoms with Crippen LogP contribution >= 0.6 is 0 Å². The monoisotopic (exact) mass is 678 g/mol. The normalized spacial score (nSPS) is 11.1. The van der Waals surface area contributed by atoms with Gasteiger partial charge in [-0.3, -0.25) is 4.98 Å². The van der Waals surface area contributed by atoms with Crippen molar-refractivity contribution < 1.29 is 0 Å². The summed E-state index contributed by atoms with van der Waals surface area (Å²) in [4.78, 5) is 19.8. The van der Waals surface area contributed by atoms with Crippen LogP contribution in [0.1, 0.15) is 5.69 Å². The minimum atomic E-state index is 0.626. The van der Waals surface area contributed by atoms with Gasteiger partial charge < -0.3 is 0 Å². The first-order valence-electron chi connectivity index (χ1n) is 17.8. The molecule has 53 heavy (non-hydrogen) atoms. The molecule has 0 N–H and O–H groups in total. The van der Waals surface area contributed by atoms with E-state index in [-0.39, 0.29) is 0 Å². The number of aromatic nitrogens is 4. The fourth-order valence-corrected chi connectivity index (χ4v) is 6.89. The molecule has 2 heterocycles. The van der Waals surface area contributed by atoms with Crippen LogP contribution in [0.5, 0.6) is 0 Å². The lowest BCUT2D eigenvalue weighted by atomic mass is 9.92. The van der Waals surface area contributed by atoms with Gasteiger partial charge in [0, 0.05) is 27.9 Å². The summed E-state index contributed by atoms with van der Waals surface area (Å²) in [7, 11) is 0. The van der Waals surface area contributed by atoms with Crippen molar-refractivity contribution in [1.82, 2.24) is 19.9 Å². The summed E-state index contributed by atoms with van der Waals surface area (Å²) in [6, 6.07) is 65.5. The molecule has 2 aromatic heterocycles. The Bertz CT molecular complexity index is 2640. The van der Waals surface area contributed by atoms with Gasteiger partial charge in [0.2, 0.25) is 0 Å². The predicted octanol–water partition coefficient (Wildman–Crippen LogP) is 12.4. The lowest BCUT2D eigenvalue weighted by Gasteiger charge is -2.14. The van der Waals surface area contributed by atoms with Gasteiger partial charge in [-0.05, 0) is 81.4 Å². The van der Waals surface area contributed by atoms with Crippen LogP contribution in [0.3, 0.4) is 0 Å². The van der Waals surface area contributed by atoms with Crippen molar-refractivity contribution in [2.75, 3.05) is 0 Å². The van der Waals surface area contributed by atoms with E-state index in [0.717, 1.165) is 67.0 Å². The van der Waals surface area contributed by atoms with Crippen molar-refractivity contribution in [2.24, 2.45) is 0 Å². The van der Waals surface area contributed by atoms with Crippen LogP contribution in [-0.4, -0.2) is 19.9 Å². The van der Waals surface area contributed by atoms with Crippen LogP contribution in [0.25, 0.3) is 89.6 Å². The lowest BCUT2D eigenvalue weighted by Crippen LogP contribution is -2.00. The molecule has 0 radical (unpaired) electrons.